The number of nitrogens with one attached hydrogen (secondary N) is 2. The number of likely N-dealkylation sites (tertiary alicyclic amines) is 1. The Morgan fingerprint density at radius 1 is 1.08 bits per heavy atom. The summed E-state index contributed by atoms with van der Waals surface area (Å²) in [7, 11) is 0. The van der Waals surface area contributed by atoms with E-state index in [1.807, 2.05) is 0 Å². The van der Waals surface area contributed by atoms with Crippen molar-refractivity contribution in [2.24, 2.45) is 0 Å². The highest BCUT2D eigenvalue weighted by atomic mass is 19.3. The number of carbonyl (C=O) groups excluding carboxylic acids is 2. The third-order valence-corrected chi connectivity index (χ3v) is 7.32. The highest BCUT2D eigenvalue weighted by Gasteiger charge is 2.30. The zero-order valence-corrected chi connectivity index (χ0v) is 27.4. The quantitative estimate of drug-likeness (QED) is 0.170. The molecule has 1 saturated heterocycles. The predicted octanol–water partition coefficient (Wildman–Crippen LogP) is 3.46. The third kappa shape index (κ3) is 8.66. The van der Waals surface area contributed by atoms with Crippen LogP contribution in [0.2, 0.25) is 0 Å². The molecule has 1 fully saturated rings. The summed E-state index contributed by atoms with van der Waals surface area (Å²) in [6.07, 6.45) is 5.26. The van der Waals surface area contributed by atoms with Crippen molar-refractivity contribution in [1.29, 1.82) is 0 Å². The Bertz CT molecular complexity index is 2000. The van der Waals surface area contributed by atoms with Crippen LogP contribution in [0.1, 0.15) is 43.0 Å². The van der Waals surface area contributed by atoms with Gasteiger partial charge < -0.3 is 24.8 Å². The van der Waals surface area contributed by atoms with Crippen LogP contribution in [-0.2, 0) is 11.3 Å². The molecule has 6 rings (SSSR count). The number of anilines is 1. The van der Waals surface area contributed by atoms with Gasteiger partial charge in [0.25, 0.3) is 5.91 Å². The van der Waals surface area contributed by atoms with Gasteiger partial charge in [0, 0.05) is 44.8 Å². The van der Waals surface area contributed by atoms with Crippen LogP contribution in [-0.4, -0.2) is 106 Å². The fraction of sp³-hybridized carbons (Fsp3) is 0.400. The third-order valence-electron chi connectivity index (χ3n) is 7.32. The van der Waals surface area contributed by atoms with Crippen LogP contribution in [0.5, 0.6) is 11.5 Å². The lowest BCUT2D eigenvalue weighted by Crippen LogP contribution is -2.51. The molecule has 1 aromatic carbocycles. The largest absolute Gasteiger partial charge is 0.444 e. The number of alkyl carbamates (subject to hydrolysis) is 1. The molecule has 0 radical (unpaired) electrons. The van der Waals surface area contributed by atoms with E-state index in [9.17, 15) is 27.2 Å². The van der Waals surface area contributed by atoms with Crippen LogP contribution in [0.4, 0.5) is 28.0 Å². The molecule has 270 valence electrons. The van der Waals surface area contributed by atoms with Crippen molar-refractivity contribution in [2.75, 3.05) is 31.5 Å². The minimum absolute atomic E-state index is 0.00520. The lowest BCUT2D eigenvalue weighted by atomic mass is 10.1. The molecule has 0 saturated carbocycles. The Balaban J connectivity index is 1.20. The number of hydrogen-bond acceptors (Lipinski definition) is 12. The van der Waals surface area contributed by atoms with Crippen molar-refractivity contribution in [2.45, 2.75) is 52.2 Å². The second kappa shape index (κ2) is 14.5. The number of fused-ring (bicyclic) bond motifs is 1. The average molecular weight is 717 g/mol. The topological polar surface area (TPSA) is 181 Å². The average Bonchev–Trinajstić information content (AvgIpc) is 3.76. The second-order valence-electron chi connectivity index (χ2n) is 12.3. The summed E-state index contributed by atoms with van der Waals surface area (Å²) in [6.45, 7) is 1.01. The van der Waals surface area contributed by atoms with E-state index in [0.717, 1.165) is 18.2 Å². The smallest absolute Gasteiger partial charge is 0.407 e. The molecular weight excluding hydrogens is 684 g/mol. The summed E-state index contributed by atoms with van der Waals surface area (Å²) in [6, 6.07) is 4.65. The lowest BCUT2D eigenvalue weighted by molar-refractivity contribution is -0.0526. The van der Waals surface area contributed by atoms with Crippen LogP contribution in [0, 0.1) is 0 Å². The van der Waals surface area contributed by atoms with Crippen LogP contribution in [0.3, 0.4) is 0 Å². The zero-order valence-electron chi connectivity index (χ0n) is 27.4. The van der Waals surface area contributed by atoms with Gasteiger partial charge in [0.1, 0.15) is 34.9 Å². The molecule has 2 amide bonds. The predicted molar refractivity (Wildman–Crippen MR) is 168 cm³/mol. The molecule has 21 heteroatoms. The number of aromatic nitrogens is 9. The highest BCUT2D eigenvalue weighted by molar-refractivity contribution is 6.09. The first kappa shape index (κ1) is 35.0. The molecule has 51 heavy (non-hydrogen) atoms. The maximum atomic E-state index is 13.4. The highest BCUT2D eigenvalue weighted by Crippen LogP contribution is 2.38. The number of alkyl halides is 4. The molecule has 0 aliphatic carbocycles. The number of ether oxygens (including phenoxy) is 3. The molecule has 1 aliphatic rings. The summed E-state index contributed by atoms with van der Waals surface area (Å²) in [4.78, 5) is 33.0. The first-order valence-electron chi connectivity index (χ1n) is 15.5. The van der Waals surface area contributed by atoms with Crippen molar-refractivity contribution in [3.63, 3.8) is 0 Å². The van der Waals surface area contributed by atoms with Crippen LogP contribution in [0.15, 0.2) is 49.1 Å². The minimum atomic E-state index is -3.27. The fourth-order valence-electron chi connectivity index (χ4n) is 5.16. The summed E-state index contributed by atoms with van der Waals surface area (Å²) < 4.78 is 70.1. The van der Waals surface area contributed by atoms with Crippen molar-refractivity contribution >= 4 is 23.3 Å². The lowest BCUT2D eigenvalue weighted by Gasteiger charge is -2.37. The molecule has 17 nitrogen and oxygen atoms in total. The number of rotatable bonds is 13. The van der Waals surface area contributed by atoms with Crippen molar-refractivity contribution in [3.8, 4) is 22.8 Å². The van der Waals surface area contributed by atoms with Gasteiger partial charge in [0.15, 0.2) is 11.5 Å². The van der Waals surface area contributed by atoms with Gasteiger partial charge in [-0.05, 0) is 50.3 Å². The van der Waals surface area contributed by atoms with Crippen LogP contribution >= 0.6 is 0 Å². The van der Waals surface area contributed by atoms with Crippen molar-refractivity contribution in [1.82, 2.24) is 54.8 Å². The van der Waals surface area contributed by atoms with E-state index >= 15 is 0 Å². The van der Waals surface area contributed by atoms with Gasteiger partial charge >= 0.3 is 19.3 Å². The fourth-order valence-corrected chi connectivity index (χ4v) is 5.16. The second-order valence-corrected chi connectivity index (χ2v) is 12.3. The molecule has 0 atom stereocenters. The Hall–Kier alpha value is -5.86. The number of nitrogens with zero attached hydrogens (tertiary/aromatic N) is 10. The molecule has 5 heterocycles. The van der Waals surface area contributed by atoms with Crippen LogP contribution in [0.25, 0.3) is 16.9 Å². The van der Waals surface area contributed by atoms with E-state index in [2.05, 4.69) is 55.6 Å². The van der Waals surface area contributed by atoms with Gasteiger partial charge in [-0.15, -0.1) is 10.2 Å². The minimum Gasteiger partial charge on any atom is -0.444 e. The Morgan fingerprint density at radius 3 is 2.61 bits per heavy atom. The number of benzene rings is 1. The molecule has 0 spiro atoms. The van der Waals surface area contributed by atoms with Gasteiger partial charge in [-0.2, -0.15) is 32.6 Å². The molecule has 5 aromatic rings. The standard InChI is InChI=1S/C30H32F4N12O5/c1-30(2,3)51-29(48)36-8-10-43-13-17(14-43)46-40-23(39-42-46)16-44-15-21(38-26(47)20-12-37-45-9-4-7-35-25(20)45)24(41-44)19-11-18(49-27(31)32)5-6-22(19)50-28(33)34/h4-7,9,11-12,15,17,27-28H,8,10,13-14,16H2,1-3H3,(H,36,48)(H,38,47). The Morgan fingerprint density at radius 2 is 1.86 bits per heavy atom. The van der Waals surface area contributed by atoms with E-state index in [0.29, 0.717) is 26.2 Å². The van der Waals surface area contributed by atoms with Gasteiger partial charge in [0.2, 0.25) is 0 Å². The number of tetrazole rings is 1. The van der Waals surface area contributed by atoms with Gasteiger partial charge in [-0.25, -0.2) is 14.3 Å². The number of halogens is 4. The Kier molecular flexibility index (Phi) is 9.98. The SMILES string of the molecule is CC(C)(C)OC(=O)NCCN1CC(n2nnc(Cn3cc(NC(=O)c4cnn5cccnc45)c(-c4cc(OC(F)F)ccc4OC(F)F)n3)n2)C1. The van der Waals surface area contributed by atoms with E-state index in [-0.39, 0.29) is 52.3 Å². The van der Waals surface area contributed by atoms with Crippen LogP contribution < -0.4 is 20.1 Å². The van der Waals surface area contributed by atoms with Gasteiger partial charge in [-0.3, -0.25) is 14.4 Å². The molecular formula is C30H32F4N12O5. The monoisotopic (exact) mass is 716 g/mol. The summed E-state index contributed by atoms with van der Waals surface area (Å²) in [5.41, 5.74) is -0.532. The van der Waals surface area contributed by atoms with Crippen molar-refractivity contribution in [3.05, 3.63) is 60.4 Å². The summed E-state index contributed by atoms with van der Waals surface area (Å²) in [5, 5.41) is 26.7. The van der Waals surface area contributed by atoms with E-state index in [1.165, 1.54) is 32.6 Å². The molecule has 0 unspecified atom stereocenters. The summed E-state index contributed by atoms with van der Waals surface area (Å²) in [5.74, 6) is -1.21. The number of amides is 2. The molecule has 4 aromatic heterocycles. The zero-order chi connectivity index (χ0) is 36.3. The van der Waals surface area contributed by atoms with Gasteiger partial charge in [-0.1, -0.05) is 0 Å². The Labute approximate surface area is 286 Å². The normalized spacial score (nSPS) is 13.8. The summed E-state index contributed by atoms with van der Waals surface area (Å²) >= 11 is 0. The number of carbonyl (C=O) groups is 2. The molecule has 0 bridgehead atoms. The van der Waals surface area contributed by atoms with E-state index in [1.54, 1.807) is 33.0 Å². The van der Waals surface area contributed by atoms with Crippen molar-refractivity contribution < 1.29 is 41.4 Å². The number of hydrogen-bond donors (Lipinski definition) is 2. The van der Waals surface area contributed by atoms with E-state index < -0.39 is 36.6 Å². The molecule has 2 N–H and O–H groups in total. The van der Waals surface area contributed by atoms with Gasteiger partial charge in [0.05, 0.1) is 23.5 Å². The maximum Gasteiger partial charge on any atom is 0.407 e. The first-order valence-corrected chi connectivity index (χ1v) is 15.5. The van der Waals surface area contributed by atoms with E-state index in [4.69, 9.17) is 4.74 Å². The first-order chi connectivity index (χ1) is 24.3. The molecule has 1 aliphatic heterocycles. The maximum absolute atomic E-state index is 13.4.